The summed E-state index contributed by atoms with van der Waals surface area (Å²) < 4.78 is 0. The largest absolute Gasteiger partial charge is 0.384 e. The first-order valence-electron chi connectivity index (χ1n) is 7.88. The van der Waals surface area contributed by atoms with Gasteiger partial charge in [0.25, 0.3) is 5.91 Å². The summed E-state index contributed by atoms with van der Waals surface area (Å²) >= 11 is 5.87. The molecular weight excluding hydrogens is 316 g/mol. The van der Waals surface area contributed by atoms with Crippen LogP contribution in [0.4, 0.5) is 0 Å². The minimum atomic E-state index is -0.985. The van der Waals surface area contributed by atoms with Gasteiger partial charge in [-0.2, -0.15) is 0 Å². The fraction of sp³-hybridized carbons (Fsp3) is 0.529. The SMILES string of the molecule is CC(O)C(=O)N1CCN(C(=O)C(C)Cc2ccc(Cl)cc2)CC1. The van der Waals surface area contributed by atoms with Gasteiger partial charge in [-0.25, -0.2) is 0 Å². The van der Waals surface area contributed by atoms with Crippen molar-refractivity contribution in [2.45, 2.75) is 26.4 Å². The summed E-state index contributed by atoms with van der Waals surface area (Å²) in [6.07, 6.45) is -0.316. The molecule has 1 aromatic carbocycles. The predicted molar refractivity (Wildman–Crippen MR) is 89.2 cm³/mol. The summed E-state index contributed by atoms with van der Waals surface area (Å²) in [7, 11) is 0. The van der Waals surface area contributed by atoms with Crippen molar-refractivity contribution in [3.8, 4) is 0 Å². The highest BCUT2D eigenvalue weighted by Gasteiger charge is 2.28. The van der Waals surface area contributed by atoms with Crippen LogP contribution in [-0.2, 0) is 16.0 Å². The van der Waals surface area contributed by atoms with Crippen LogP contribution in [0.25, 0.3) is 0 Å². The van der Waals surface area contributed by atoms with Crippen molar-refractivity contribution in [1.82, 2.24) is 9.80 Å². The average Bonchev–Trinajstić information content (AvgIpc) is 2.55. The van der Waals surface area contributed by atoms with Crippen molar-refractivity contribution >= 4 is 23.4 Å². The molecule has 0 aromatic heterocycles. The molecule has 0 saturated carbocycles. The Balaban J connectivity index is 1.86. The van der Waals surface area contributed by atoms with Gasteiger partial charge in [-0.05, 0) is 31.0 Å². The molecule has 1 fully saturated rings. The number of rotatable bonds is 4. The van der Waals surface area contributed by atoms with E-state index in [1.54, 1.807) is 9.80 Å². The summed E-state index contributed by atoms with van der Waals surface area (Å²) in [6, 6.07) is 7.53. The van der Waals surface area contributed by atoms with Gasteiger partial charge in [-0.1, -0.05) is 30.7 Å². The van der Waals surface area contributed by atoms with E-state index in [2.05, 4.69) is 0 Å². The minimum absolute atomic E-state index is 0.101. The van der Waals surface area contributed by atoms with Gasteiger partial charge in [0.2, 0.25) is 5.91 Å². The van der Waals surface area contributed by atoms with Crippen LogP contribution in [0.15, 0.2) is 24.3 Å². The van der Waals surface area contributed by atoms with Crippen LogP contribution in [0.1, 0.15) is 19.4 Å². The van der Waals surface area contributed by atoms with Crippen LogP contribution in [0.2, 0.25) is 5.02 Å². The van der Waals surface area contributed by atoms with Crippen LogP contribution in [0.5, 0.6) is 0 Å². The zero-order valence-corrected chi connectivity index (χ0v) is 14.3. The third-order valence-corrected chi connectivity index (χ3v) is 4.39. The monoisotopic (exact) mass is 338 g/mol. The van der Waals surface area contributed by atoms with Crippen molar-refractivity contribution in [2.24, 2.45) is 5.92 Å². The maximum absolute atomic E-state index is 12.5. The minimum Gasteiger partial charge on any atom is -0.384 e. The molecule has 0 aliphatic carbocycles. The highest BCUT2D eigenvalue weighted by atomic mass is 35.5. The number of hydrogen-bond acceptors (Lipinski definition) is 3. The normalized spacial score (nSPS) is 17.7. The molecule has 0 radical (unpaired) electrons. The fourth-order valence-electron chi connectivity index (χ4n) is 2.78. The third kappa shape index (κ3) is 4.69. The Morgan fingerprint density at radius 3 is 2.00 bits per heavy atom. The summed E-state index contributed by atoms with van der Waals surface area (Å²) in [6.45, 7) is 5.37. The van der Waals surface area contributed by atoms with E-state index in [1.807, 2.05) is 31.2 Å². The van der Waals surface area contributed by atoms with Crippen molar-refractivity contribution < 1.29 is 14.7 Å². The average molecular weight is 339 g/mol. The van der Waals surface area contributed by atoms with E-state index in [0.717, 1.165) is 5.56 Å². The number of hydrogen-bond donors (Lipinski definition) is 1. The molecule has 5 nitrogen and oxygen atoms in total. The number of aliphatic hydroxyl groups is 1. The molecule has 2 unspecified atom stereocenters. The quantitative estimate of drug-likeness (QED) is 0.906. The second-order valence-corrected chi connectivity index (χ2v) is 6.49. The van der Waals surface area contributed by atoms with Crippen LogP contribution in [-0.4, -0.2) is 59.0 Å². The van der Waals surface area contributed by atoms with Crippen molar-refractivity contribution in [1.29, 1.82) is 0 Å². The number of piperazine rings is 1. The highest BCUT2D eigenvalue weighted by molar-refractivity contribution is 6.30. The van der Waals surface area contributed by atoms with Gasteiger partial charge in [0, 0.05) is 37.1 Å². The molecule has 2 amide bonds. The molecular formula is C17H23ClN2O3. The van der Waals surface area contributed by atoms with Crippen LogP contribution in [0, 0.1) is 5.92 Å². The van der Waals surface area contributed by atoms with Gasteiger partial charge >= 0.3 is 0 Å². The van der Waals surface area contributed by atoms with Gasteiger partial charge in [-0.3, -0.25) is 9.59 Å². The van der Waals surface area contributed by atoms with Gasteiger partial charge in [-0.15, -0.1) is 0 Å². The highest BCUT2D eigenvalue weighted by Crippen LogP contribution is 2.16. The van der Waals surface area contributed by atoms with Crippen LogP contribution in [0.3, 0.4) is 0 Å². The Morgan fingerprint density at radius 2 is 1.52 bits per heavy atom. The van der Waals surface area contributed by atoms with Crippen molar-refractivity contribution in [3.05, 3.63) is 34.9 Å². The standard InChI is InChI=1S/C17H23ClN2O3/c1-12(11-14-3-5-15(18)6-4-14)16(22)19-7-9-20(10-8-19)17(23)13(2)21/h3-6,12-13,21H,7-11H2,1-2H3. The molecule has 1 aliphatic rings. The molecule has 23 heavy (non-hydrogen) atoms. The van der Waals surface area contributed by atoms with E-state index in [1.165, 1.54) is 6.92 Å². The van der Waals surface area contributed by atoms with E-state index in [-0.39, 0.29) is 17.7 Å². The molecule has 1 aliphatic heterocycles. The first-order valence-corrected chi connectivity index (χ1v) is 8.26. The van der Waals surface area contributed by atoms with Crippen LogP contribution < -0.4 is 0 Å². The number of carbonyl (C=O) groups excluding carboxylic acids is 2. The third-order valence-electron chi connectivity index (χ3n) is 4.14. The molecule has 126 valence electrons. The van der Waals surface area contributed by atoms with Gasteiger partial charge < -0.3 is 14.9 Å². The molecule has 0 bridgehead atoms. The topological polar surface area (TPSA) is 60.9 Å². The maximum Gasteiger partial charge on any atom is 0.251 e. The Kier molecular flexibility index (Phi) is 6.02. The predicted octanol–water partition coefficient (Wildman–Crippen LogP) is 1.57. The Hall–Kier alpha value is -1.59. The molecule has 1 saturated heterocycles. The van der Waals surface area contributed by atoms with Gasteiger partial charge in [0.15, 0.2) is 0 Å². The van der Waals surface area contributed by atoms with Gasteiger partial charge in [0.05, 0.1) is 0 Å². The zero-order valence-electron chi connectivity index (χ0n) is 13.5. The second kappa shape index (κ2) is 7.79. The van der Waals surface area contributed by atoms with E-state index in [0.29, 0.717) is 37.6 Å². The second-order valence-electron chi connectivity index (χ2n) is 6.06. The molecule has 1 heterocycles. The number of nitrogens with zero attached hydrogens (tertiary/aromatic N) is 2. The Morgan fingerprint density at radius 1 is 1.04 bits per heavy atom. The first-order chi connectivity index (χ1) is 10.9. The number of amides is 2. The molecule has 2 atom stereocenters. The number of aliphatic hydroxyl groups excluding tert-OH is 1. The lowest BCUT2D eigenvalue weighted by Gasteiger charge is -2.36. The van der Waals surface area contributed by atoms with Gasteiger partial charge in [0.1, 0.15) is 6.10 Å². The summed E-state index contributed by atoms with van der Waals surface area (Å²) in [5.74, 6) is -0.286. The molecule has 2 rings (SSSR count). The lowest BCUT2D eigenvalue weighted by Crippen LogP contribution is -2.53. The molecule has 1 aromatic rings. The van der Waals surface area contributed by atoms with Crippen molar-refractivity contribution in [3.63, 3.8) is 0 Å². The number of benzene rings is 1. The van der Waals surface area contributed by atoms with Crippen molar-refractivity contribution in [2.75, 3.05) is 26.2 Å². The van der Waals surface area contributed by atoms with Crippen LogP contribution >= 0.6 is 11.6 Å². The number of carbonyl (C=O) groups is 2. The lowest BCUT2D eigenvalue weighted by molar-refractivity contribution is -0.145. The molecule has 6 heteroatoms. The summed E-state index contributed by atoms with van der Waals surface area (Å²) in [4.78, 5) is 27.7. The van der Waals surface area contributed by atoms with E-state index in [4.69, 9.17) is 11.6 Å². The molecule has 1 N–H and O–H groups in total. The maximum atomic E-state index is 12.5. The zero-order chi connectivity index (χ0) is 17.0. The summed E-state index contributed by atoms with van der Waals surface area (Å²) in [5.41, 5.74) is 1.08. The Labute approximate surface area is 141 Å². The molecule has 0 spiro atoms. The lowest BCUT2D eigenvalue weighted by atomic mass is 9.99. The number of halogens is 1. The van der Waals surface area contributed by atoms with E-state index < -0.39 is 6.10 Å². The summed E-state index contributed by atoms with van der Waals surface area (Å²) in [5, 5.41) is 10.0. The first kappa shape index (κ1) is 17.8. The Bertz CT molecular complexity index is 551. The van der Waals surface area contributed by atoms with E-state index >= 15 is 0 Å². The fourth-order valence-corrected chi connectivity index (χ4v) is 2.91. The van der Waals surface area contributed by atoms with E-state index in [9.17, 15) is 14.7 Å². The smallest absolute Gasteiger partial charge is 0.251 e.